The molecular weight excluding hydrogens is 682 g/mol. The van der Waals surface area contributed by atoms with E-state index in [0.717, 1.165) is 0 Å². The molecule has 1 aliphatic heterocycles. The average Bonchev–Trinajstić information content (AvgIpc) is 3.64. The topological polar surface area (TPSA) is 0 Å². The van der Waals surface area contributed by atoms with Crippen molar-refractivity contribution >= 4 is 0 Å². The van der Waals surface area contributed by atoms with Crippen LogP contribution in [0.15, 0.2) is 155 Å². The fourth-order valence-electron chi connectivity index (χ4n) is 7.76. The van der Waals surface area contributed by atoms with E-state index in [9.17, 15) is 0 Å². The van der Waals surface area contributed by atoms with Gasteiger partial charge in [-0.1, -0.05) is 0 Å². The fourth-order valence-corrected chi connectivity index (χ4v) is 36.1. The maximum atomic E-state index is 2.58. The van der Waals surface area contributed by atoms with Crippen molar-refractivity contribution < 1.29 is 44.8 Å². The Hall–Kier alpha value is -2.19. The largest absolute Gasteiger partial charge is 1.00 e. The van der Waals surface area contributed by atoms with Gasteiger partial charge in [0.1, 0.15) is 0 Å². The number of rotatable bonds is 4. The van der Waals surface area contributed by atoms with Gasteiger partial charge in [-0.2, -0.15) is 0 Å². The van der Waals surface area contributed by atoms with E-state index in [1.54, 1.807) is 33.4 Å². The van der Waals surface area contributed by atoms with E-state index in [-0.39, 0.29) is 24.8 Å². The van der Waals surface area contributed by atoms with Crippen LogP contribution in [0.1, 0.15) is 36.8 Å². The van der Waals surface area contributed by atoms with Crippen LogP contribution in [0.3, 0.4) is 0 Å². The van der Waals surface area contributed by atoms with Crippen LogP contribution in [0.2, 0.25) is 15.7 Å². The summed E-state index contributed by atoms with van der Waals surface area (Å²) < 4.78 is 4.43. The molecule has 1 fully saturated rings. The minimum Gasteiger partial charge on any atom is -1.00 e. The van der Waals surface area contributed by atoms with Crippen molar-refractivity contribution in [2.24, 2.45) is 0 Å². The van der Waals surface area contributed by atoms with Crippen LogP contribution in [0.4, 0.5) is 0 Å². The summed E-state index contributed by atoms with van der Waals surface area (Å²) in [4.78, 5) is 0. The van der Waals surface area contributed by atoms with Crippen LogP contribution in [0.25, 0.3) is 0 Å². The van der Waals surface area contributed by atoms with Crippen LogP contribution in [-0.2, 0) is 20.0 Å². The maximum absolute atomic E-state index is 2.79. The number of allylic oxidation sites excluding steroid dienone is 16. The van der Waals surface area contributed by atoms with E-state index in [1.165, 1.54) is 19.5 Å². The summed E-state index contributed by atoms with van der Waals surface area (Å²) in [6.07, 6.45) is 24.1. The van der Waals surface area contributed by atoms with Crippen molar-refractivity contribution in [1.82, 2.24) is 0 Å². The SMILES string of the molecule is CC1=CC2=C(C=CC=CC2c2ccccc2)[CH]1[Hf+2]1([CH]2C(C)=CC3=C2C=CC=CC3c2ccccc2)[CH2][CH2]1.[Cl-].[Cl-]. The van der Waals surface area contributed by atoms with Gasteiger partial charge in [-0.25, -0.2) is 0 Å². The van der Waals surface area contributed by atoms with Crippen LogP contribution < -0.4 is 24.8 Å². The molecule has 0 amide bonds. The van der Waals surface area contributed by atoms with Crippen molar-refractivity contribution in [1.29, 1.82) is 0 Å². The molecular formula is C36H34Cl2Hf. The molecule has 2 aromatic carbocycles. The molecule has 0 spiro atoms. The number of halogens is 2. The van der Waals surface area contributed by atoms with Gasteiger partial charge >= 0.3 is 227 Å². The number of hydrogen-bond donors (Lipinski definition) is 0. The van der Waals surface area contributed by atoms with E-state index in [1.807, 2.05) is 0 Å². The fraction of sp³-hybridized carbons (Fsp3) is 0.222. The molecule has 1 saturated heterocycles. The summed E-state index contributed by atoms with van der Waals surface area (Å²) in [6, 6.07) is 22.2. The molecule has 39 heavy (non-hydrogen) atoms. The predicted molar refractivity (Wildman–Crippen MR) is 154 cm³/mol. The molecule has 0 nitrogen and oxygen atoms in total. The predicted octanol–water partition coefficient (Wildman–Crippen LogP) is 3.91. The molecule has 0 aromatic heterocycles. The van der Waals surface area contributed by atoms with Crippen molar-refractivity contribution in [3.8, 4) is 0 Å². The smallest absolute Gasteiger partial charge is 1.00 e. The first-order valence-corrected chi connectivity index (χ1v) is 23.0. The van der Waals surface area contributed by atoms with E-state index in [0.29, 0.717) is 19.2 Å². The minimum atomic E-state index is -2.79. The van der Waals surface area contributed by atoms with Crippen LogP contribution in [0.5, 0.6) is 0 Å². The van der Waals surface area contributed by atoms with Crippen LogP contribution in [-0.4, -0.2) is 0 Å². The third kappa shape index (κ3) is 4.75. The van der Waals surface area contributed by atoms with Crippen molar-refractivity contribution in [3.63, 3.8) is 0 Å². The molecule has 0 radical (unpaired) electrons. The molecule has 0 saturated carbocycles. The second kappa shape index (κ2) is 11.4. The Balaban J connectivity index is 0.00000154. The van der Waals surface area contributed by atoms with Gasteiger partial charge in [0.15, 0.2) is 0 Å². The van der Waals surface area contributed by atoms with Gasteiger partial charge < -0.3 is 24.8 Å². The van der Waals surface area contributed by atoms with Crippen LogP contribution in [0, 0.1) is 0 Å². The summed E-state index contributed by atoms with van der Waals surface area (Å²) in [6.45, 7) is 4.89. The quantitative estimate of drug-likeness (QED) is 0.422. The van der Waals surface area contributed by atoms with Gasteiger partial charge in [0.25, 0.3) is 0 Å². The molecule has 4 atom stereocenters. The first-order chi connectivity index (χ1) is 18.2. The van der Waals surface area contributed by atoms with Gasteiger partial charge in [0.2, 0.25) is 0 Å². The molecule has 4 aliphatic carbocycles. The van der Waals surface area contributed by atoms with Crippen molar-refractivity contribution in [2.75, 3.05) is 0 Å². The third-order valence-corrected chi connectivity index (χ3v) is 29.0. The molecule has 0 bridgehead atoms. The summed E-state index contributed by atoms with van der Waals surface area (Å²) in [7, 11) is 0. The Morgan fingerprint density at radius 3 is 1.33 bits per heavy atom. The summed E-state index contributed by atoms with van der Waals surface area (Å²) >= 11 is -2.79. The molecule has 7 rings (SSSR count). The van der Waals surface area contributed by atoms with Gasteiger partial charge in [-0.3, -0.25) is 0 Å². The van der Waals surface area contributed by atoms with Crippen LogP contribution >= 0.6 is 0 Å². The summed E-state index contributed by atoms with van der Waals surface area (Å²) in [5, 5.41) is 0. The zero-order valence-corrected chi connectivity index (χ0v) is 27.6. The average molecular weight is 716 g/mol. The molecule has 5 aliphatic rings. The molecule has 4 unspecified atom stereocenters. The Labute approximate surface area is 250 Å². The van der Waals surface area contributed by atoms with E-state index in [2.05, 4.69) is 135 Å². The molecule has 1 heterocycles. The maximum Gasteiger partial charge on any atom is -1.00 e. The van der Waals surface area contributed by atoms with Crippen molar-refractivity contribution in [3.05, 3.63) is 166 Å². The van der Waals surface area contributed by atoms with Gasteiger partial charge in [0.05, 0.1) is 0 Å². The molecule has 196 valence electrons. The van der Waals surface area contributed by atoms with Gasteiger partial charge in [-0.15, -0.1) is 0 Å². The number of hydrogen-bond acceptors (Lipinski definition) is 0. The monoisotopic (exact) mass is 716 g/mol. The second-order valence-electron chi connectivity index (χ2n) is 11.5. The minimum absolute atomic E-state index is 0. The summed E-state index contributed by atoms with van der Waals surface area (Å²) in [5.41, 5.74) is 12.5. The Bertz CT molecular complexity index is 1380. The second-order valence-corrected chi connectivity index (χ2v) is 28.1. The molecule has 3 heteroatoms. The van der Waals surface area contributed by atoms with E-state index < -0.39 is 20.0 Å². The zero-order chi connectivity index (χ0) is 25.0. The Morgan fingerprint density at radius 1 is 0.538 bits per heavy atom. The zero-order valence-electron chi connectivity index (χ0n) is 22.5. The molecule has 0 N–H and O–H groups in total. The Morgan fingerprint density at radius 2 is 0.949 bits per heavy atom. The van der Waals surface area contributed by atoms with Gasteiger partial charge in [-0.05, 0) is 0 Å². The molecule has 2 aromatic rings. The normalized spacial score (nSPS) is 26.7. The van der Waals surface area contributed by atoms with Crippen molar-refractivity contribution in [2.45, 2.75) is 41.4 Å². The first-order valence-electron chi connectivity index (χ1n) is 13.8. The van der Waals surface area contributed by atoms with Gasteiger partial charge in [0, 0.05) is 0 Å². The van der Waals surface area contributed by atoms with E-state index in [4.69, 9.17) is 0 Å². The standard InChI is InChI=1S/2C17H15.C2H4.2ClH.Hf/c2*1-13-11-15-9-5-6-10-16(17(15)12-13)14-7-3-2-4-8-14;1-2;;;/h2*2-12,16H,1H3;1-2H2;2*1H;/q;;;;;+2/p-2. The van der Waals surface area contributed by atoms with E-state index >= 15 is 0 Å². The Kier molecular flexibility index (Phi) is 8.25. The third-order valence-electron chi connectivity index (χ3n) is 9.31. The first kappa shape index (κ1) is 28.3. The summed E-state index contributed by atoms with van der Waals surface area (Å²) in [5.74, 6) is 0.713. The number of benzene rings is 2.